The molecule has 186 valence electrons. The quantitative estimate of drug-likeness (QED) is 0.169. The van der Waals surface area contributed by atoms with Crippen LogP contribution in [0.4, 0.5) is 0 Å². The number of rotatable bonds is 20. The highest BCUT2D eigenvalue weighted by molar-refractivity contribution is 5.74. The molecule has 1 atom stereocenters. The maximum atomic E-state index is 10.4. The van der Waals surface area contributed by atoms with E-state index in [4.69, 9.17) is 20.4 Å². The van der Waals surface area contributed by atoms with Crippen LogP contribution in [0.1, 0.15) is 117 Å². The van der Waals surface area contributed by atoms with Gasteiger partial charge >= 0.3 is 11.9 Å². The molecule has 0 rings (SSSR count). The van der Waals surface area contributed by atoms with Crippen LogP contribution in [-0.4, -0.2) is 56.8 Å². The van der Waals surface area contributed by atoms with Crippen LogP contribution in [0.3, 0.4) is 0 Å². The first-order chi connectivity index (χ1) is 14.8. The van der Waals surface area contributed by atoms with Crippen molar-refractivity contribution in [3.8, 4) is 0 Å². The molecular weight excluding hydrogens is 400 g/mol. The monoisotopic (exact) mass is 448 g/mol. The highest BCUT2D eigenvalue weighted by atomic mass is 16.4. The van der Waals surface area contributed by atoms with Gasteiger partial charge in [0.15, 0.2) is 0 Å². The number of aliphatic hydroxyl groups is 3. The molecule has 1 unspecified atom stereocenters. The fourth-order valence-electron chi connectivity index (χ4n) is 3.23. The number of hydrogen-bond acceptors (Lipinski definition) is 5. The van der Waals surface area contributed by atoms with Crippen molar-refractivity contribution in [1.82, 2.24) is 0 Å². The van der Waals surface area contributed by atoms with E-state index in [1.165, 1.54) is 51.4 Å². The topological polar surface area (TPSA) is 135 Å². The van der Waals surface area contributed by atoms with E-state index in [1.807, 2.05) is 0 Å². The number of aliphatic carboxylic acids is 2. The maximum Gasteiger partial charge on any atom is 0.314 e. The molecule has 0 bridgehead atoms. The van der Waals surface area contributed by atoms with Crippen LogP contribution in [0.15, 0.2) is 0 Å². The molecule has 0 aromatic heterocycles. The lowest BCUT2D eigenvalue weighted by Gasteiger charge is -2.21. The Morgan fingerprint density at radius 2 is 1.13 bits per heavy atom. The minimum Gasteiger partial charge on any atom is -0.481 e. The van der Waals surface area contributed by atoms with Gasteiger partial charge in [0, 0.05) is 6.42 Å². The third-order valence-corrected chi connectivity index (χ3v) is 5.80. The van der Waals surface area contributed by atoms with E-state index in [-0.39, 0.29) is 12.5 Å². The Kier molecular flexibility index (Phi) is 22.7. The molecule has 31 heavy (non-hydrogen) atoms. The van der Waals surface area contributed by atoms with Gasteiger partial charge in [0.1, 0.15) is 5.41 Å². The highest BCUT2D eigenvalue weighted by Crippen LogP contribution is 2.20. The van der Waals surface area contributed by atoms with Crippen LogP contribution in [0.5, 0.6) is 0 Å². The first kappa shape index (κ1) is 32.0. The normalized spacial score (nSPS) is 12.2. The van der Waals surface area contributed by atoms with E-state index >= 15 is 0 Å². The number of carbonyl (C=O) groups is 2. The van der Waals surface area contributed by atoms with E-state index in [2.05, 4.69) is 6.92 Å². The van der Waals surface area contributed by atoms with Gasteiger partial charge in [-0.15, -0.1) is 0 Å². The molecule has 0 saturated heterocycles. The van der Waals surface area contributed by atoms with E-state index in [0.29, 0.717) is 6.42 Å². The van der Waals surface area contributed by atoms with Crippen LogP contribution in [0.25, 0.3) is 0 Å². The molecule has 0 fully saturated rings. The van der Waals surface area contributed by atoms with Gasteiger partial charge in [0.2, 0.25) is 0 Å². The molecule has 0 aromatic carbocycles. The van der Waals surface area contributed by atoms with Gasteiger partial charge in [-0.2, -0.15) is 0 Å². The van der Waals surface area contributed by atoms with Crippen molar-refractivity contribution in [2.24, 2.45) is 5.41 Å². The Morgan fingerprint density at radius 1 is 0.710 bits per heavy atom. The van der Waals surface area contributed by atoms with Crippen molar-refractivity contribution in [2.75, 3.05) is 13.2 Å². The van der Waals surface area contributed by atoms with E-state index in [9.17, 15) is 14.7 Å². The second-order valence-electron chi connectivity index (χ2n) is 8.52. The zero-order chi connectivity index (χ0) is 24.0. The average molecular weight is 449 g/mol. The summed E-state index contributed by atoms with van der Waals surface area (Å²) < 4.78 is 0. The zero-order valence-corrected chi connectivity index (χ0v) is 19.9. The summed E-state index contributed by atoms with van der Waals surface area (Å²) in [7, 11) is 0. The van der Waals surface area contributed by atoms with E-state index in [1.54, 1.807) is 6.92 Å². The molecule has 7 nitrogen and oxygen atoms in total. The Labute approximate surface area is 188 Å². The SMILES string of the molecule is CCC(CO)(CO)C(=O)O.CCCCCCC(O)CCCCCCCCCCC(=O)O. The molecule has 5 N–H and O–H groups in total. The largest absolute Gasteiger partial charge is 0.481 e. The minimum absolute atomic E-state index is 0.0853. The molecular formula is C24H48O7. The number of unbranched alkanes of at least 4 members (excludes halogenated alkanes) is 10. The first-order valence-electron chi connectivity index (χ1n) is 12.1. The van der Waals surface area contributed by atoms with Crippen molar-refractivity contribution >= 4 is 11.9 Å². The molecule has 7 heteroatoms. The molecule has 0 aliphatic carbocycles. The van der Waals surface area contributed by atoms with Crippen LogP contribution in [0.2, 0.25) is 0 Å². The van der Waals surface area contributed by atoms with E-state index < -0.39 is 30.6 Å². The predicted molar refractivity (Wildman–Crippen MR) is 123 cm³/mol. The second-order valence-corrected chi connectivity index (χ2v) is 8.52. The molecule has 0 aliphatic heterocycles. The van der Waals surface area contributed by atoms with Gasteiger partial charge in [-0.25, -0.2) is 0 Å². The van der Waals surface area contributed by atoms with Gasteiger partial charge in [0.05, 0.1) is 19.3 Å². The molecule has 0 heterocycles. The summed E-state index contributed by atoms with van der Waals surface area (Å²) in [4.78, 5) is 20.7. The summed E-state index contributed by atoms with van der Waals surface area (Å²) in [5.74, 6) is -1.83. The van der Waals surface area contributed by atoms with Crippen molar-refractivity contribution < 1.29 is 35.1 Å². The predicted octanol–water partition coefficient (Wildman–Crippen LogP) is 4.76. The van der Waals surface area contributed by atoms with Gasteiger partial charge in [0.25, 0.3) is 0 Å². The lowest BCUT2D eigenvalue weighted by Crippen LogP contribution is -2.37. The first-order valence-corrected chi connectivity index (χ1v) is 12.1. The zero-order valence-electron chi connectivity index (χ0n) is 19.9. The lowest BCUT2D eigenvalue weighted by molar-refractivity contribution is -0.154. The van der Waals surface area contributed by atoms with Gasteiger partial charge < -0.3 is 25.5 Å². The van der Waals surface area contributed by atoms with Crippen molar-refractivity contribution in [3.63, 3.8) is 0 Å². The third-order valence-electron chi connectivity index (χ3n) is 5.80. The van der Waals surface area contributed by atoms with Crippen LogP contribution >= 0.6 is 0 Å². The molecule has 0 aliphatic rings. The number of carboxylic acid groups (broad SMARTS) is 2. The number of hydrogen-bond donors (Lipinski definition) is 5. The molecule has 0 radical (unpaired) electrons. The number of carboxylic acids is 2. The fourth-order valence-corrected chi connectivity index (χ4v) is 3.23. The van der Waals surface area contributed by atoms with E-state index in [0.717, 1.165) is 38.5 Å². The Morgan fingerprint density at radius 3 is 1.45 bits per heavy atom. The smallest absolute Gasteiger partial charge is 0.314 e. The minimum atomic E-state index is -1.35. The van der Waals surface area contributed by atoms with Gasteiger partial charge in [-0.05, 0) is 25.7 Å². The summed E-state index contributed by atoms with van der Waals surface area (Å²) in [5, 5.41) is 44.1. The average Bonchev–Trinajstić information content (AvgIpc) is 2.74. The van der Waals surface area contributed by atoms with Crippen molar-refractivity contribution in [3.05, 3.63) is 0 Å². The standard InChI is InChI=1S/C18H36O3.C6H12O4/c1-2-3-4-11-14-17(19)15-12-9-7-5-6-8-10-13-16-18(20)21;1-2-6(3-7,4-8)5(9)10/h17,19H,2-16H2,1H3,(H,20,21);7-8H,2-4H2,1H3,(H,9,10). The van der Waals surface area contributed by atoms with Gasteiger partial charge in [-0.1, -0.05) is 84.5 Å². The summed E-state index contributed by atoms with van der Waals surface area (Å²) in [6.07, 6.45) is 16.5. The highest BCUT2D eigenvalue weighted by Gasteiger charge is 2.35. The lowest BCUT2D eigenvalue weighted by atomic mass is 9.87. The van der Waals surface area contributed by atoms with Crippen molar-refractivity contribution in [1.29, 1.82) is 0 Å². The second kappa shape index (κ2) is 22.0. The summed E-state index contributed by atoms with van der Waals surface area (Å²) >= 11 is 0. The summed E-state index contributed by atoms with van der Waals surface area (Å²) in [6.45, 7) is 2.79. The maximum absolute atomic E-state index is 10.4. The summed E-state index contributed by atoms with van der Waals surface area (Å²) in [6, 6.07) is 0. The van der Waals surface area contributed by atoms with Crippen molar-refractivity contribution in [2.45, 2.75) is 123 Å². The molecule has 0 saturated carbocycles. The van der Waals surface area contributed by atoms with Crippen LogP contribution < -0.4 is 0 Å². The Balaban J connectivity index is 0. The molecule has 0 spiro atoms. The summed E-state index contributed by atoms with van der Waals surface area (Å²) in [5.41, 5.74) is -1.35. The Bertz CT molecular complexity index is 414. The fraction of sp³-hybridized carbons (Fsp3) is 0.917. The third kappa shape index (κ3) is 19.2. The number of aliphatic hydroxyl groups excluding tert-OH is 3. The van der Waals surface area contributed by atoms with Crippen LogP contribution in [-0.2, 0) is 9.59 Å². The van der Waals surface area contributed by atoms with Gasteiger partial charge in [-0.3, -0.25) is 9.59 Å². The van der Waals surface area contributed by atoms with Crippen LogP contribution in [0, 0.1) is 5.41 Å². The molecule has 0 amide bonds. The Hall–Kier alpha value is -1.18. The molecule has 0 aromatic rings.